The number of carboxylic acids is 1. The normalized spacial score (nSPS) is 12.8. The Labute approximate surface area is 137 Å². The van der Waals surface area contributed by atoms with E-state index in [0.717, 1.165) is 0 Å². The zero-order chi connectivity index (χ0) is 18.3. The smallest absolute Gasteiger partial charge is 0.480 e. The summed E-state index contributed by atoms with van der Waals surface area (Å²) in [5.41, 5.74) is 0.649. The second-order valence-corrected chi connectivity index (χ2v) is 5.78. The Morgan fingerprint density at radius 3 is 2.25 bits per heavy atom. The Kier molecular flexibility index (Phi) is 7.06. The van der Waals surface area contributed by atoms with Gasteiger partial charge in [-0.1, -0.05) is 26.0 Å². The molecule has 0 saturated carbocycles. The van der Waals surface area contributed by atoms with E-state index in [-0.39, 0.29) is 24.5 Å². The summed E-state index contributed by atoms with van der Waals surface area (Å²) in [6.45, 7) is 3.71. The van der Waals surface area contributed by atoms with Crippen LogP contribution in [0.2, 0.25) is 0 Å². The minimum Gasteiger partial charge on any atom is -0.480 e. The summed E-state index contributed by atoms with van der Waals surface area (Å²) < 4.78 is 39.9. The number of carbonyl (C=O) groups excluding carboxylic acids is 1. The van der Waals surface area contributed by atoms with Crippen LogP contribution in [0.3, 0.4) is 0 Å². The molecule has 0 saturated heterocycles. The maximum absolute atomic E-state index is 12.0. The van der Waals surface area contributed by atoms with Crippen LogP contribution in [0.1, 0.15) is 32.3 Å². The molecule has 0 radical (unpaired) electrons. The number of aryl methyl sites for hydroxylation is 1. The van der Waals surface area contributed by atoms with E-state index in [1.807, 2.05) is 13.8 Å². The van der Waals surface area contributed by atoms with Gasteiger partial charge in [0.25, 0.3) is 0 Å². The van der Waals surface area contributed by atoms with Crippen LogP contribution in [0.5, 0.6) is 5.75 Å². The van der Waals surface area contributed by atoms with Crippen LogP contribution in [-0.2, 0) is 16.0 Å². The number of nitrogens with one attached hydrogen (secondary N) is 1. The van der Waals surface area contributed by atoms with E-state index >= 15 is 0 Å². The Bertz CT molecular complexity index is 555. The van der Waals surface area contributed by atoms with Crippen LogP contribution >= 0.6 is 0 Å². The highest BCUT2D eigenvalue weighted by molar-refractivity contribution is 5.83. The first-order valence-corrected chi connectivity index (χ1v) is 7.43. The molecule has 0 heterocycles. The first-order chi connectivity index (χ1) is 11.1. The van der Waals surface area contributed by atoms with Crippen LogP contribution in [0.15, 0.2) is 24.3 Å². The summed E-state index contributed by atoms with van der Waals surface area (Å²) >= 11 is 0. The number of carbonyl (C=O) groups is 2. The lowest BCUT2D eigenvalue weighted by Gasteiger charge is -2.16. The molecule has 0 aliphatic carbocycles. The van der Waals surface area contributed by atoms with Gasteiger partial charge in [-0.25, -0.2) is 4.79 Å². The summed E-state index contributed by atoms with van der Waals surface area (Å²) in [7, 11) is 0. The van der Waals surface area contributed by atoms with E-state index in [0.29, 0.717) is 12.0 Å². The largest absolute Gasteiger partial charge is 0.573 e. The second-order valence-electron chi connectivity index (χ2n) is 5.78. The summed E-state index contributed by atoms with van der Waals surface area (Å²) in [6, 6.07) is 4.24. The molecule has 0 bridgehead atoms. The van der Waals surface area contributed by atoms with E-state index in [1.54, 1.807) is 0 Å². The van der Waals surface area contributed by atoms with Crippen molar-refractivity contribution in [3.8, 4) is 5.75 Å². The number of alkyl halides is 3. The maximum Gasteiger partial charge on any atom is 0.573 e. The molecule has 0 unspecified atom stereocenters. The molecular weight excluding hydrogens is 327 g/mol. The van der Waals surface area contributed by atoms with Gasteiger partial charge in [-0.2, -0.15) is 0 Å². The standard InChI is InChI=1S/C16H20F3NO4/c1-10(2)9-13(15(22)23)20-14(21)8-5-11-3-6-12(7-4-11)24-16(17,18)19/h3-4,6-7,10,13H,5,8-9H2,1-2H3,(H,20,21)(H,22,23)/t13-/m0/s1. The Balaban J connectivity index is 2.50. The highest BCUT2D eigenvalue weighted by Crippen LogP contribution is 2.23. The molecule has 0 aliphatic heterocycles. The van der Waals surface area contributed by atoms with Gasteiger partial charge in [0, 0.05) is 6.42 Å². The molecule has 0 spiro atoms. The number of carboxylic acid groups (broad SMARTS) is 1. The van der Waals surface area contributed by atoms with Crippen molar-refractivity contribution in [1.82, 2.24) is 5.32 Å². The van der Waals surface area contributed by atoms with Gasteiger partial charge in [0.05, 0.1) is 0 Å². The lowest BCUT2D eigenvalue weighted by Crippen LogP contribution is -2.41. The van der Waals surface area contributed by atoms with Gasteiger partial charge in [0.1, 0.15) is 11.8 Å². The fourth-order valence-electron chi connectivity index (χ4n) is 2.08. The highest BCUT2D eigenvalue weighted by atomic mass is 19.4. The van der Waals surface area contributed by atoms with Crippen molar-refractivity contribution in [3.05, 3.63) is 29.8 Å². The molecule has 0 aliphatic rings. The second kappa shape index (κ2) is 8.56. The average Bonchev–Trinajstić information content (AvgIpc) is 2.43. The number of amides is 1. The van der Waals surface area contributed by atoms with Gasteiger partial charge >= 0.3 is 12.3 Å². The number of hydrogen-bond donors (Lipinski definition) is 2. The van der Waals surface area contributed by atoms with Crippen LogP contribution in [-0.4, -0.2) is 29.4 Å². The summed E-state index contributed by atoms with van der Waals surface area (Å²) in [5.74, 6) is -1.73. The van der Waals surface area contributed by atoms with Crippen molar-refractivity contribution in [1.29, 1.82) is 0 Å². The summed E-state index contributed by atoms with van der Waals surface area (Å²) in [5, 5.41) is 11.5. The van der Waals surface area contributed by atoms with Gasteiger partial charge in [-0.3, -0.25) is 4.79 Å². The van der Waals surface area contributed by atoms with Crippen LogP contribution in [0.25, 0.3) is 0 Å². The first kappa shape index (κ1) is 19.8. The van der Waals surface area contributed by atoms with Crippen molar-refractivity contribution in [2.24, 2.45) is 5.92 Å². The Morgan fingerprint density at radius 1 is 1.21 bits per heavy atom. The van der Waals surface area contributed by atoms with E-state index in [2.05, 4.69) is 10.1 Å². The number of rotatable bonds is 8. The van der Waals surface area contributed by atoms with Gasteiger partial charge in [0.2, 0.25) is 5.91 Å². The topological polar surface area (TPSA) is 75.6 Å². The average molecular weight is 347 g/mol. The Morgan fingerprint density at radius 2 is 1.79 bits per heavy atom. The lowest BCUT2D eigenvalue weighted by molar-refractivity contribution is -0.274. The molecule has 5 nitrogen and oxygen atoms in total. The van der Waals surface area contributed by atoms with E-state index in [4.69, 9.17) is 5.11 Å². The zero-order valence-corrected chi connectivity index (χ0v) is 13.4. The zero-order valence-electron chi connectivity index (χ0n) is 13.4. The molecule has 1 amide bonds. The van der Waals surface area contributed by atoms with Gasteiger partial charge < -0.3 is 15.2 Å². The number of aliphatic carboxylic acids is 1. The Hall–Kier alpha value is -2.25. The third kappa shape index (κ3) is 7.85. The molecule has 0 aromatic heterocycles. The minimum atomic E-state index is -4.75. The monoisotopic (exact) mass is 347 g/mol. The van der Waals surface area contributed by atoms with Crippen molar-refractivity contribution >= 4 is 11.9 Å². The molecule has 1 aromatic rings. The molecule has 8 heteroatoms. The minimum absolute atomic E-state index is 0.0430. The van der Waals surface area contributed by atoms with Crippen molar-refractivity contribution < 1.29 is 32.6 Å². The lowest BCUT2D eigenvalue weighted by atomic mass is 10.0. The SMILES string of the molecule is CC(C)C[C@H](NC(=O)CCc1ccc(OC(F)(F)F)cc1)C(=O)O. The summed E-state index contributed by atoms with van der Waals surface area (Å²) in [6.07, 6.45) is -4.10. The highest BCUT2D eigenvalue weighted by Gasteiger charge is 2.30. The van der Waals surface area contributed by atoms with E-state index in [9.17, 15) is 22.8 Å². The van der Waals surface area contributed by atoms with Crippen molar-refractivity contribution in [2.45, 2.75) is 45.5 Å². The fourth-order valence-corrected chi connectivity index (χ4v) is 2.08. The van der Waals surface area contributed by atoms with Crippen molar-refractivity contribution in [3.63, 3.8) is 0 Å². The molecular formula is C16H20F3NO4. The van der Waals surface area contributed by atoms with Gasteiger partial charge in [-0.05, 0) is 36.5 Å². The molecule has 1 atom stereocenters. The fraction of sp³-hybridized carbons (Fsp3) is 0.500. The van der Waals surface area contributed by atoms with Gasteiger partial charge in [-0.15, -0.1) is 13.2 Å². The maximum atomic E-state index is 12.0. The number of halogens is 3. The van der Waals surface area contributed by atoms with Crippen LogP contribution < -0.4 is 10.1 Å². The number of hydrogen-bond acceptors (Lipinski definition) is 3. The van der Waals surface area contributed by atoms with E-state index < -0.39 is 24.3 Å². The first-order valence-electron chi connectivity index (χ1n) is 7.43. The number of benzene rings is 1. The molecule has 1 rings (SSSR count). The predicted octanol–water partition coefficient (Wildman–Crippen LogP) is 3.13. The molecule has 2 N–H and O–H groups in total. The molecule has 1 aromatic carbocycles. The van der Waals surface area contributed by atoms with E-state index in [1.165, 1.54) is 24.3 Å². The van der Waals surface area contributed by atoms with Crippen molar-refractivity contribution in [2.75, 3.05) is 0 Å². The molecule has 134 valence electrons. The van der Waals surface area contributed by atoms with Gasteiger partial charge in [0.15, 0.2) is 0 Å². The molecule has 0 fully saturated rings. The summed E-state index contributed by atoms with van der Waals surface area (Å²) in [4.78, 5) is 22.9. The third-order valence-corrected chi connectivity index (χ3v) is 3.14. The molecule has 24 heavy (non-hydrogen) atoms. The van der Waals surface area contributed by atoms with Crippen LogP contribution in [0, 0.1) is 5.92 Å². The van der Waals surface area contributed by atoms with Crippen LogP contribution in [0.4, 0.5) is 13.2 Å². The number of ether oxygens (including phenoxy) is 1. The quantitative estimate of drug-likeness (QED) is 0.758. The predicted molar refractivity (Wildman–Crippen MR) is 80.5 cm³/mol. The third-order valence-electron chi connectivity index (χ3n) is 3.14.